The number of hydrogen-bond donors (Lipinski definition) is 1. The van der Waals surface area contributed by atoms with E-state index in [4.69, 9.17) is 9.47 Å². The van der Waals surface area contributed by atoms with Crippen molar-refractivity contribution in [1.82, 2.24) is 5.32 Å². The zero-order valence-corrected chi connectivity index (χ0v) is 13.3. The average molecular weight is 327 g/mol. The Bertz CT molecular complexity index is 734. The van der Waals surface area contributed by atoms with Crippen molar-refractivity contribution in [2.45, 2.75) is 23.5 Å². The van der Waals surface area contributed by atoms with Gasteiger partial charge in [0.1, 0.15) is 6.61 Å². The minimum atomic E-state index is -0.605. The summed E-state index contributed by atoms with van der Waals surface area (Å²) in [5.41, 5.74) is 1.19. The summed E-state index contributed by atoms with van der Waals surface area (Å²) in [6.45, 7) is 0.242. The number of para-hydroxylation sites is 2. The van der Waals surface area contributed by atoms with E-state index < -0.39 is 6.10 Å². The molecule has 0 saturated heterocycles. The number of thioether (sulfide) groups is 1. The lowest BCUT2D eigenvalue weighted by Crippen LogP contribution is -2.45. The van der Waals surface area contributed by atoms with E-state index in [1.54, 1.807) is 0 Å². The molecule has 0 fully saturated rings. The van der Waals surface area contributed by atoms with Gasteiger partial charge in [0.2, 0.25) is 6.10 Å². The Balaban J connectivity index is 1.47. The van der Waals surface area contributed by atoms with Crippen molar-refractivity contribution < 1.29 is 14.3 Å². The molecule has 5 heteroatoms. The molecular weight excluding hydrogens is 310 g/mol. The first kappa shape index (κ1) is 14.5. The number of hydrogen-bond acceptors (Lipinski definition) is 4. The third-order valence-corrected chi connectivity index (χ3v) is 5.20. The molecule has 0 saturated carbocycles. The number of fused-ring (bicyclic) bond motifs is 2. The van der Waals surface area contributed by atoms with Gasteiger partial charge < -0.3 is 14.8 Å². The maximum Gasteiger partial charge on any atom is 0.265 e. The zero-order chi connectivity index (χ0) is 15.6. The van der Waals surface area contributed by atoms with Gasteiger partial charge in [0.05, 0.1) is 6.04 Å². The van der Waals surface area contributed by atoms with Crippen LogP contribution in [0.2, 0.25) is 0 Å². The highest BCUT2D eigenvalue weighted by atomic mass is 32.2. The van der Waals surface area contributed by atoms with Crippen LogP contribution in [0.4, 0.5) is 0 Å². The normalized spacial score (nSPS) is 22.1. The van der Waals surface area contributed by atoms with E-state index in [2.05, 4.69) is 17.4 Å². The zero-order valence-electron chi connectivity index (χ0n) is 12.5. The molecule has 0 unspecified atom stereocenters. The Morgan fingerprint density at radius 3 is 2.78 bits per heavy atom. The van der Waals surface area contributed by atoms with Gasteiger partial charge in [-0.25, -0.2) is 0 Å². The predicted molar refractivity (Wildman–Crippen MR) is 89.0 cm³/mol. The summed E-state index contributed by atoms with van der Waals surface area (Å²) in [5.74, 6) is 2.20. The van der Waals surface area contributed by atoms with Gasteiger partial charge in [0.25, 0.3) is 5.91 Å². The number of amides is 1. The number of carbonyl (C=O) groups excluding carboxylic acids is 1. The van der Waals surface area contributed by atoms with Gasteiger partial charge in [-0.05, 0) is 30.2 Å². The van der Waals surface area contributed by atoms with Crippen LogP contribution >= 0.6 is 11.8 Å². The molecule has 23 heavy (non-hydrogen) atoms. The third kappa shape index (κ3) is 2.88. The summed E-state index contributed by atoms with van der Waals surface area (Å²) >= 11 is 1.84. The number of nitrogens with one attached hydrogen (secondary N) is 1. The Kier molecular flexibility index (Phi) is 3.87. The highest BCUT2D eigenvalue weighted by Gasteiger charge is 2.30. The van der Waals surface area contributed by atoms with Crippen molar-refractivity contribution in [3.8, 4) is 11.5 Å². The van der Waals surface area contributed by atoms with Crippen molar-refractivity contribution in [2.24, 2.45) is 0 Å². The van der Waals surface area contributed by atoms with Gasteiger partial charge in [-0.2, -0.15) is 0 Å². The molecule has 2 aliphatic rings. The maximum atomic E-state index is 12.6. The van der Waals surface area contributed by atoms with Crippen LogP contribution < -0.4 is 14.8 Å². The lowest BCUT2D eigenvalue weighted by molar-refractivity contribution is -0.131. The van der Waals surface area contributed by atoms with E-state index >= 15 is 0 Å². The quantitative estimate of drug-likeness (QED) is 0.920. The smallest absolute Gasteiger partial charge is 0.265 e. The number of ether oxygens (including phenoxy) is 2. The van der Waals surface area contributed by atoms with Gasteiger partial charge in [-0.15, -0.1) is 11.8 Å². The van der Waals surface area contributed by atoms with Gasteiger partial charge >= 0.3 is 0 Å². The molecule has 4 rings (SSSR count). The van der Waals surface area contributed by atoms with E-state index in [1.165, 1.54) is 10.5 Å². The van der Waals surface area contributed by atoms with Crippen LogP contribution in [0.3, 0.4) is 0 Å². The summed E-state index contributed by atoms with van der Waals surface area (Å²) in [5, 5.41) is 3.12. The van der Waals surface area contributed by atoms with Crippen LogP contribution in [0.15, 0.2) is 53.4 Å². The Morgan fingerprint density at radius 1 is 1.09 bits per heavy atom. The first-order valence-electron chi connectivity index (χ1n) is 7.72. The Labute approximate surface area is 139 Å². The Hall–Kier alpha value is -2.14. The second-order valence-corrected chi connectivity index (χ2v) is 6.74. The average Bonchev–Trinajstić information content (AvgIpc) is 2.61. The van der Waals surface area contributed by atoms with Gasteiger partial charge in [-0.1, -0.05) is 30.3 Å². The lowest BCUT2D eigenvalue weighted by atomic mass is 10.0. The second kappa shape index (κ2) is 6.16. The highest BCUT2D eigenvalue weighted by molar-refractivity contribution is 7.99. The number of benzene rings is 2. The van der Waals surface area contributed by atoms with Crippen molar-refractivity contribution in [1.29, 1.82) is 0 Å². The molecule has 2 aromatic carbocycles. The van der Waals surface area contributed by atoms with Gasteiger partial charge in [0.15, 0.2) is 11.5 Å². The Morgan fingerprint density at radius 2 is 1.87 bits per heavy atom. The minimum Gasteiger partial charge on any atom is -0.485 e. The van der Waals surface area contributed by atoms with Crippen LogP contribution in [0, 0.1) is 0 Å². The van der Waals surface area contributed by atoms with Crippen molar-refractivity contribution >= 4 is 17.7 Å². The molecule has 0 bridgehead atoms. The molecule has 118 valence electrons. The number of rotatable bonds is 2. The molecular formula is C18H17NO3S. The SMILES string of the molecule is O=C(N[C@@H]1CCSc2ccccc21)[C@@H]1COc2ccccc2O1. The van der Waals surface area contributed by atoms with E-state index in [9.17, 15) is 4.79 Å². The molecule has 2 aliphatic heterocycles. The van der Waals surface area contributed by atoms with Crippen molar-refractivity contribution in [3.05, 3.63) is 54.1 Å². The van der Waals surface area contributed by atoms with Crippen molar-refractivity contribution in [3.63, 3.8) is 0 Å². The molecule has 0 aliphatic carbocycles. The second-order valence-electron chi connectivity index (χ2n) is 5.60. The molecule has 0 radical (unpaired) electrons. The summed E-state index contributed by atoms with van der Waals surface area (Å²) in [7, 11) is 0. The first-order chi connectivity index (χ1) is 11.3. The molecule has 1 N–H and O–H groups in total. The fourth-order valence-electron chi connectivity index (χ4n) is 2.91. The predicted octanol–water partition coefficient (Wildman–Crippen LogP) is 3.18. The minimum absolute atomic E-state index is 0.0423. The van der Waals surface area contributed by atoms with E-state index in [0.29, 0.717) is 11.5 Å². The summed E-state index contributed by atoms with van der Waals surface area (Å²) in [4.78, 5) is 13.8. The fourth-order valence-corrected chi connectivity index (χ4v) is 4.03. The molecule has 2 atom stereocenters. The van der Waals surface area contributed by atoms with Gasteiger partial charge in [-0.3, -0.25) is 4.79 Å². The maximum absolute atomic E-state index is 12.6. The summed E-state index contributed by atoms with van der Waals surface area (Å²) in [6.07, 6.45) is 0.323. The standard InChI is InChI=1S/C18H17NO3S/c20-18(16-11-21-14-6-2-3-7-15(14)22-16)19-13-9-10-23-17-8-4-1-5-12(13)17/h1-8,13,16H,9-11H2,(H,19,20)/t13-,16+/m1/s1. The lowest BCUT2D eigenvalue weighted by Gasteiger charge is -2.30. The molecule has 0 aromatic heterocycles. The fraction of sp³-hybridized carbons (Fsp3) is 0.278. The molecule has 2 aromatic rings. The molecule has 4 nitrogen and oxygen atoms in total. The highest BCUT2D eigenvalue weighted by Crippen LogP contribution is 2.36. The molecule has 2 heterocycles. The molecule has 1 amide bonds. The largest absolute Gasteiger partial charge is 0.485 e. The van der Waals surface area contributed by atoms with Crippen LogP contribution in [-0.4, -0.2) is 24.4 Å². The van der Waals surface area contributed by atoms with Crippen LogP contribution in [-0.2, 0) is 4.79 Å². The van der Waals surface area contributed by atoms with Crippen LogP contribution in [0.25, 0.3) is 0 Å². The van der Waals surface area contributed by atoms with Crippen LogP contribution in [0.1, 0.15) is 18.0 Å². The number of carbonyl (C=O) groups is 1. The van der Waals surface area contributed by atoms with E-state index in [1.807, 2.05) is 48.2 Å². The van der Waals surface area contributed by atoms with Gasteiger partial charge in [0, 0.05) is 10.6 Å². The van der Waals surface area contributed by atoms with E-state index in [-0.39, 0.29) is 18.6 Å². The first-order valence-corrected chi connectivity index (χ1v) is 8.70. The monoisotopic (exact) mass is 327 g/mol. The third-order valence-electron chi connectivity index (χ3n) is 4.08. The van der Waals surface area contributed by atoms with Crippen LogP contribution in [0.5, 0.6) is 11.5 Å². The molecule has 0 spiro atoms. The topological polar surface area (TPSA) is 47.6 Å². The summed E-state index contributed by atoms with van der Waals surface area (Å²) < 4.78 is 11.4. The summed E-state index contributed by atoms with van der Waals surface area (Å²) in [6, 6.07) is 15.7. The van der Waals surface area contributed by atoms with Crippen molar-refractivity contribution in [2.75, 3.05) is 12.4 Å². The van der Waals surface area contributed by atoms with E-state index in [0.717, 1.165) is 12.2 Å².